The summed E-state index contributed by atoms with van der Waals surface area (Å²) in [6.45, 7) is 3.68. The number of nitrogens with zero attached hydrogens (tertiary/aromatic N) is 2. The first-order valence-electron chi connectivity index (χ1n) is 12.6. The van der Waals surface area contributed by atoms with Crippen LogP contribution in [0.3, 0.4) is 0 Å². The Hall–Kier alpha value is -3.07. The number of sulfonamides is 1. The van der Waals surface area contributed by atoms with Gasteiger partial charge in [-0.2, -0.15) is 0 Å². The van der Waals surface area contributed by atoms with Crippen molar-refractivity contribution in [2.45, 2.75) is 39.3 Å². The van der Waals surface area contributed by atoms with Gasteiger partial charge in [-0.15, -0.1) is 0 Å². The number of rotatable bonds is 12. The molecule has 1 atom stereocenters. The highest BCUT2D eigenvalue weighted by molar-refractivity contribution is 7.92. The summed E-state index contributed by atoms with van der Waals surface area (Å²) in [6.07, 6.45) is 1.99. The standard InChI is InChI=1S/C29H33Cl2N3O4S/c1-4-16-32-29(36)27(17-22-10-6-5-7-11-22)33(19-23-12-8-9-13-25(23)30)28(35)20-34(39(3,37)38)24-15-14-21(2)26(31)18-24/h5-15,18,27H,4,16-17,19-20H2,1-3H3,(H,32,36). The van der Waals surface area contributed by atoms with Gasteiger partial charge in [-0.05, 0) is 48.2 Å². The third-order valence-electron chi connectivity index (χ3n) is 6.24. The molecule has 2 amide bonds. The van der Waals surface area contributed by atoms with Gasteiger partial charge >= 0.3 is 0 Å². The molecule has 0 aliphatic carbocycles. The molecule has 0 fully saturated rings. The molecular weight excluding hydrogens is 557 g/mol. The maximum Gasteiger partial charge on any atom is 0.244 e. The van der Waals surface area contributed by atoms with Crippen LogP contribution in [0.2, 0.25) is 10.0 Å². The lowest BCUT2D eigenvalue weighted by atomic mass is 10.0. The van der Waals surface area contributed by atoms with E-state index in [0.717, 1.165) is 28.1 Å². The zero-order valence-corrected chi connectivity index (χ0v) is 24.6. The van der Waals surface area contributed by atoms with Crippen molar-refractivity contribution in [3.05, 3.63) is 99.5 Å². The monoisotopic (exact) mass is 589 g/mol. The molecule has 10 heteroatoms. The maximum absolute atomic E-state index is 14.0. The SMILES string of the molecule is CCCNC(=O)C(Cc1ccccc1)N(Cc1ccccc1Cl)C(=O)CN(c1ccc(C)c(Cl)c1)S(C)(=O)=O. The second-order valence-electron chi connectivity index (χ2n) is 9.31. The molecule has 0 aliphatic heterocycles. The van der Waals surface area contributed by atoms with Crippen LogP contribution in [0, 0.1) is 6.92 Å². The number of hydrogen-bond donors (Lipinski definition) is 1. The fourth-order valence-corrected chi connectivity index (χ4v) is 5.29. The van der Waals surface area contributed by atoms with E-state index in [2.05, 4.69) is 5.32 Å². The van der Waals surface area contributed by atoms with Crippen molar-refractivity contribution in [1.82, 2.24) is 10.2 Å². The van der Waals surface area contributed by atoms with E-state index >= 15 is 0 Å². The van der Waals surface area contributed by atoms with Crippen LogP contribution in [-0.4, -0.2) is 50.5 Å². The molecule has 0 heterocycles. The number of amides is 2. The predicted molar refractivity (Wildman–Crippen MR) is 158 cm³/mol. The highest BCUT2D eigenvalue weighted by Crippen LogP contribution is 2.26. The van der Waals surface area contributed by atoms with Crippen LogP contribution >= 0.6 is 23.2 Å². The van der Waals surface area contributed by atoms with Crippen molar-refractivity contribution in [3.63, 3.8) is 0 Å². The van der Waals surface area contributed by atoms with Gasteiger partial charge in [0.25, 0.3) is 0 Å². The molecule has 0 aliphatic rings. The Morgan fingerprint density at radius 2 is 1.62 bits per heavy atom. The van der Waals surface area contributed by atoms with E-state index in [1.54, 1.807) is 43.3 Å². The summed E-state index contributed by atoms with van der Waals surface area (Å²) in [4.78, 5) is 28.9. The molecule has 7 nitrogen and oxygen atoms in total. The van der Waals surface area contributed by atoms with Gasteiger partial charge in [0, 0.05) is 29.6 Å². The minimum Gasteiger partial charge on any atom is -0.354 e. The summed E-state index contributed by atoms with van der Waals surface area (Å²) in [7, 11) is -3.88. The number of carbonyl (C=O) groups excluding carboxylic acids is 2. The summed E-state index contributed by atoms with van der Waals surface area (Å²) in [5, 5.41) is 3.72. The molecule has 0 spiro atoms. The molecule has 1 N–H and O–H groups in total. The Labute approximate surface area is 240 Å². The van der Waals surface area contributed by atoms with Crippen LogP contribution in [-0.2, 0) is 32.6 Å². The van der Waals surface area contributed by atoms with Gasteiger partial charge in [0.2, 0.25) is 21.8 Å². The average Bonchev–Trinajstić information content (AvgIpc) is 2.90. The van der Waals surface area contributed by atoms with Crippen LogP contribution in [0.5, 0.6) is 0 Å². The zero-order valence-electron chi connectivity index (χ0n) is 22.2. The van der Waals surface area contributed by atoms with E-state index < -0.39 is 28.5 Å². The number of halogens is 2. The van der Waals surface area contributed by atoms with Crippen molar-refractivity contribution >= 4 is 50.7 Å². The Morgan fingerprint density at radius 3 is 2.23 bits per heavy atom. The van der Waals surface area contributed by atoms with E-state index in [-0.39, 0.29) is 24.6 Å². The lowest BCUT2D eigenvalue weighted by molar-refractivity contribution is -0.140. The topological polar surface area (TPSA) is 86.8 Å². The van der Waals surface area contributed by atoms with Gasteiger partial charge in [0.15, 0.2) is 0 Å². The van der Waals surface area contributed by atoms with Crippen molar-refractivity contribution in [1.29, 1.82) is 0 Å². The summed E-state index contributed by atoms with van der Waals surface area (Å²) in [6, 6.07) is 20.3. The quantitative estimate of drug-likeness (QED) is 0.313. The van der Waals surface area contributed by atoms with Crippen LogP contribution in [0.1, 0.15) is 30.0 Å². The number of benzene rings is 3. The van der Waals surface area contributed by atoms with E-state index in [1.165, 1.54) is 11.0 Å². The van der Waals surface area contributed by atoms with Crippen LogP contribution in [0.4, 0.5) is 5.69 Å². The molecule has 0 saturated carbocycles. The molecule has 0 radical (unpaired) electrons. The highest BCUT2D eigenvalue weighted by atomic mass is 35.5. The summed E-state index contributed by atoms with van der Waals surface area (Å²) in [5.41, 5.74) is 2.53. The molecule has 1 unspecified atom stereocenters. The average molecular weight is 591 g/mol. The number of aryl methyl sites for hydroxylation is 1. The Bertz CT molecular complexity index is 1400. The Kier molecular flexibility index (Phi) is 10.8. The van der Waals surface area contributed by atoms with Crippen LogP contribution in [0.15, 0.2) is 72.8 Å². The number of anilines is 1. The predicted octanol–water partition coefficient (Wildman–Crippen LogP) is 5.23. The van der Waals surface area contributed by atoms with Gasteiger partial charge in [0.1, 0.15) is 12.6 Å². The van der Waals surface area contributed by atoms with Crippen molar-refractivity contribution in [3.8, 4) is 0 Å². The summed E-state index contributed by atoms with van der Waals surface area (Å²) in [5.74, 6) is -0.880. The number of nitrogens with one attached hydrogen (secondary N) is 1. The molecular formula is C29H33Cl2N3O4S. The van der Waals surface area contributed by atoms with E-state index in [9.17, 15) is 18.0 Å². The molecule has 3 aromatic carbocycles. The molecule has 0 aromatic heterocycles. The van der Waals surface area contributed by atoms with Crippen molar-refractivity contribution < 1.29 is 18.0 Å². The first kappa shape index (κ1) is 30.5. The lowest BCUT2D eigenvalue weighted by Gasteiger charge is -2.33. The normalized spacial score (nSPS) is 12.0. The number of carbonyl (C=O) groups is 2. The fourth-order valence-electron chi connectivity index (χ4n) is 4.08. The van der Waals surface area contributed by atoms with E-state index in [4.69, 9.17) is 23.2 Å². The molecule has 3 aromatic rings. The van der Waals surface area contributed by atoms with Gasteiger partial charge in [0.05, 0.1) is 11.9 Å². The number of hydrogen-bond acceptors (Lipinski definition) is 4. The molecule has 0 bridgehead atoms. The van der Waals surface area contributed by atoms with Crippen molar-refractivity contribution in [2.75, 3.05) is 23.7 Å². The van der Waals surface area contributed by atoms with Gasteiger partial charge in [-0.3, -0.25) is 13.9 Å². The molecule has 208 valence electrons. The van der Waals surface area contributed by atoms with Gasteiger partial charge in [-0.25, -0.2) is 8.42 Å². The van der Waals surface area contributed by atoms with Gasteiger partial charge in [-0.1, -0.05) is 84.7 Å². The largest absolute Gasteiger partial charge is 0.354 e. The first-order chi connectivity index (χ1) is 18.5. The summed E-state index contributed by atoms with van der Waals surface area (Å²) < 4.78 is 26.7. The second kappa shape index (κ2) is 13.8. The first-order valence-corrected chi connectivity index (χ1v) is 15.2. The molecule has 0 saturated heterocycles. The summed E-state index contributed by atoms with van der Waals surface area (Å²) >= 11 is 12.7. The maximum atomic E-state index is 14.0. The Morgan fingerprint density at radius 1 is 0.949 bits per heavy atom. The second-order valence-corrected chi connectivity index (χ2v) is 12.0. The molecule has 39 heavy (non-hydrogen) atoms. The Balaban J connectivity index is 2.06. The van der Waals surface area contributed by atoms with E-state index in [1.807, 2.05) is 37.3 Å². The van der Waals surface area contributed by atoms with E-state index in [0.29, 0.717) is 22.2 Å². The molecule has 3 rings (SSSR count). The smallest absolute Gasteiger partial charge is 0.244 e. The van der Waals surface area contributed by atoms with Crippen molar-refractivity contribution in [2.24, 2.45) is 0 Å². The fraction of sp³-hybridized carbons (Fsp3) is 0.310. The third kappa shape index (κ3) is 8.46. The minimum atomic E-state index is -3.88. The van der Waals surface area contributed by atoms with Gasteiger partial charge < -0.3 is 10.2 Å². The highest BCUT2D eigenvalue weighted by Gasteiger charge is 2.33. The lowest BCUT2D eigenvalue weighted by Crippen LogP contribution is -2.53. The van der Waals surface area contributed by atoms with Crippen LogP contribution in [0.25, 0.3) is 0 Å². The third-order valence-corrected chi connectivity index (χ3v) is 8.16. The van der Waals surface area contributed by atoms with Crippen LogP contribution < -0.4 is 9.62 Å². The minimum absolute atomic E-state index is 0.0157. The zero-order chi connectivity index (χ0) is 28.6.